The van der Waals surface area contributed by atoms with E-state index in [9.17, 15) is 0 Å². The topological polar surface area (TPSA) is 46.2 Å². The van der Waals surface area contributed by atoms with Gasteiger partial charge < -0.3 is 10.8 Å². The Labute approximate surface area is 107 Å². The number of aliphatic hydroxyl groups is 1. The molecular weight excluding hydrogens is 266 g/mol. The first-order chi connectivity index (χ1) is 7.77. The highest BCUT2D eigenvalue weighted by molar-refractivity contribution is 9.10. The fourth-order valence-corrected chi connectivity index (χ4v) is 1.76. The van der Waals surface area contributed by atoms with Crippen molar-refractivity contribution in [3.63, 3.8) is 0 Å². The number of aliphatic hydroxyl groups excluding tert-OH is 1. The lowest BCUT2D eigenvalue weighted by Gasteiger charge is -2.14. The third-order valence-corrected chi connectivity index (χ3v) is 2.87. The van der Waals surface area contributed by atoms with Crippen LogP contribution >= 0.6 is 15.9 Å². The first-order valence-corrected chi connectivity index (χ1v) is 6.63. The van der Waals surface area contributed by atoms with Gasteiger partial charge in [0.25, 0.3) is 0 Å². The summed E-state index contributed by atoms with van der Waals surface area (Å²) in [4.78, 5) is 0. The predicted molar refractivity (Wildman–Crippen MR) is 73.6 cm³/mol. The molecular formula is C13H22BrNO. The van der Waals surface area contributed by atoms with Crippen molar-refractivity contribution < 1.29 is 5.11 Å². The summed E-state index contributed by atoms with van der Waals surface area (Å²) in [6, 6.07) is 8.21. The molecule has 1 aromatic rings. The summed E-state index contributed by atoms with van der Waals surface area (Å²) in [5, 5.41) is 8.75. The molecule has 3 N–H and O–H groups in total. The quantitative estimate of drug-likeness (QED) is 0.873. The molecule has 1 unspecified atom stereocenters. The van der Waals surface area contributed by atoms with Crippen LogP contribution in [0.15, 0.2) is 28.7 Å². The number of hydrogen-bond acceptors (Lipinski definition) is 2. The summed E-state index contributed by atoms with van der Waals surface area (Å²) in [5.74, 6) is 0.371. The first-order valence-electron chi connectivity index (χ1n) is 5.84. The molecule has 2 nitrogen and oxygen atoms in total. The Hall–Kier alpha value is -0.380. The fraction of sp³-hybridized carbons (Fsp3) is 0.538. The summed E-state index contributed by atoms with van der Waals surface area (Å²) in [7, 11) is 0. The lowest BCUT2D eigenvalue weighted by atomic mass is 9.95. The van der Waals surface area contributed by atoms with Gasteiger partial charge in [-0.2, -0.15) is 0 Å². The summed E-state index contributed by atoms with van der Waals surface area (Å²) >= 11 is 3.40. The third kappa shape index (κ3) is 5.64. The van der Waals surface area contributed by atoms with E-state index in [1.807, 2.05) is 26.0 Å². The maximum Gasteiger partial charge on any atom is 0.0431 e. The summed E-state index contributed by atoms with van der Waals surface area (Å²) in [5.41, 5.74) is 6.94. The molecule has 92 valence electrons. The van der Waals surface area contributed by atoms with Gasteiger partial charge in [0.2, 0.25) is 0 Å². The van der Waals surface area contributed by atoms with Crippen molar-refractivity contribution in [2.45, 2.75) is 32.6 Å². The standard InChI is InChI=1S/C11H16BrNO.C2H6/c12-11-5-3-9(4-6-11)10(8-13)2-1-7-14;1-2/h3-6,10,14H,1-2,7-8,13H2;1-2H3. The van der Waals surface area contributed by atoms with Gasteiger partial charge in [-0.05, 0) is 43.0 Å². The third-order valence-electron chi connectivity index (χ3n) is 2.34. The molecule has 0 fully saturated rings. The van der Waals surface area contributed by atoms with Crippen molar-refractivity contribution >= 4 is 15.9 Å². The molecule has 0 spiro atoms. The van der Waals surface area contributed by atoms with Gasteiger partial charge in [-0.1, -0.05) is 41.9 Å². The van der Waals surface area contributed by atoms with Crippen LogP contribution in [0.3, 0.4) is 0 Å². The normalized spacial score (nSPS) is 11.6. The molecule has 0 bridgehead atoms. The summed E-state index contributed by atoms with van der Waals surface area (Å²) in [6.07, 6.45) is 1.77. The number of rotatable bonds is 5. The van der Waals surface area contributed by atoms with Gasteiger partial charge in [0.1, 0.15) is 0 Å². The number of nitrogens with two attached hydrogens (primary N) is 1. The van der Waals surface area contributed by atoms with Crippen LogP contribution in [0.5, 0.6) is 0 Å². The molecule has 0 amide bonds. The van der Waals surface area contributed by atoms with E-state index >= 15 is 0 Å². The van der Waals surface area contributed by atoms with E-state index in [2.05, 4.69) is 28.1 Å². The number of benzene rings is 1. The maximum absolute atomic E-state index is 8.75. The minimum Gasteiger partial charge on any atom is -0.396 e. The van der Waals surface area contributed by atoms with Crippen molar-refractivity contribution in [2.24, 2.45) is 5.73 Å². The lowest BCUT2D eigenvalue weighted by Crippen LogP contribution is -2.12. The van der Waals surface area contributed by atoms with Crippen LogP contribution in [0.1, 0.15) is 38.2 Å². The molecule has 16 heavy (non-hydrogen) atoms. The number of hydrogen-bond donors (Lipinski definition) is 2. The van der Waals surface area contributed by atoms with E-state index in [0.29, 0.717) is 12.5 Å². The Morgan fingerprint density at radius 1 is 1.25 bits per heavy atom. The Balaban J connectivity index is 0.00000106. The highest BCUT2D eigenvalue weighted by Gasteiger charge is 2.08. The minimum absolute atomic E-state index is 0.243. The van der Waals surface area contributed by atoms with Crippen molar-refractivity contribution in [3.05, 3.63) is 34.3 Å². The SMILES string of the molecule is CC.NCC(CCCO)c1ccc(Br)cc1. The van der Waals surface area contributed by atoms with Crippen LogP contribution in [-0.4, -0.2) is 18.3 Å². The zero-order valence-corrected chi connectivity index (χ0v) is 11.7. The molecule has 0 heterocycles. The minimum atomic E-state index is 0.243. The van der Waals surface area contributed by atoms with E-state index < -0.39 is 0 Å². The average Bonchev–Trinajstić information content (AvgIpc) is 2.35. The molecule has 0 saturated carbocycles. The second-order valence-electron chi connectivity index (χ2n) is 3.35. The largest absolute Gasteiger partial charge is 0.396 e. The molecule has 0 saturated heterocycles. The van der Waals surface area contributed by atoms with Crippen LogP contribution in [-0.2, 0) is 0 Å². The second kappa shape index (κ2) is 9.82. The zero-order chi connectivity index (χ0) is 12.4. The molecule has 1 aromatic carbocycles. The second-order valence-corrected chi connectivity index (χ2v) is 4.27. The summed E-state index contributed by atoms with van der Waals surface area (Å²) in [6.45, 7) is 4.88. The molecule has 0 radical (unpaired) electrons. The van der Waals surface area contributed by atoms with Crippen molar-refractivity contribution in [1.82, 2.24) is 0 Å². The molecule has 0 aliphatic heterocycles. The van der Waals surface area contributed by atoms with Gasteiger partial charge in [-0.15, -0.1) is 0 Å². The molecule has 0 aromatic heterocycles. The molecule has 1 atom stereocenters. The van der Waals surface area contributed by atoms with Gasteiger partial charge in [0, 0.05) is 11.1 Å². The van der Waals surface area contributed by atoms with Crippen LogP contribution in [0.4, 0.5) is 0 Å². The van der Waals surface area contributed by atoms with Gasteiger partial charge in [0.05, 0.1) is 0 Å². The van der Waals surface area contributed by atoms with Crippen molar-refractivity contribution in [1.29, 1.82) is 0 Å². The monoisotopic (exact) mass is 287 g/mol. The van der Waals surface area contributed by atoms with Gasteiger partial charge in [-0.3, -0.25) is 0 Å². The highest BCUT2D eigenvalue weighted by atomic mass is 79.9. The lowest BCUT2D eigenvalue weighted by molar-refractivity contribution is 0.280. The van der Waals surface area contributed by atoms with Crippen LogP contribution in [0.25, 0.3) is 0 Å². The predicted octanol–water partition coefficient (Wildman–Crippen LogP) is 3.29. The van der Waals surface area contributed by atoms with Crippen LogP contribution < -0.4 is 5.73 Å². The molecule has 3 heteroatoms. The van der Waals surface area contributed by atoms with E-state index in [1.54, 1.807) is 0 Å². The maximum atomic E-state index is 8.75. The smallest absolute Gasteiger partial charge is 0.0431 e. The Bertz CT molecular complexity index is 261. The Kier molecular flexibility index (Phi) is 9.59. The van der Waals surface area contributed by atoms with Gasteiger partial charge in [-0.25, -0.2) is 0 Å². The van der Waals surface area contributed by atoms with E-state index in [0.717, 1.165) is 17.3 Å². The zero-order valence-electron chi connectivity index (χ0n) is 10.1. The Morgan fingerprint density at radius 3 is 2.25 bits per heavy atom. The highest BCUT2D eigenvalue weighted by Crippen LogP contribution is 2.21. The average molecular weight is 288 g/mol. The fourth-order valence-electron chi connectivity index (χ4n) is 1.49. The van der Waals surface area contributed by atoms with Crippen LogP contribution in [0, 0.1) is 0 Å². The van der Waals surface area contributed by atoms with Crippen molar-refractivity contribution in [2.75, 3.05) is 13.2 Å². The molecule has 0 aliphatic rings. The van der Waals surface area contributed by atoms with E-state index in [4.69, 9.17) is 10.8 Å². The van der Waals surface area contributed by atoms with E-state index in [-0.39, 0.29) is 6.61 Å². The summed E-state index contributed by atoms with van der Waals surface area (Å²) < 4.78 is 1.08. The van der Waals surface area contributed by atoms with Crippen molar-refractivity contribution in [3.8, 4) is 0 Å². The first kappa shape index (κ1) is 15.6. The van der Waals surface area contributed by atoms with Gasteiger partial charge in [0.15, 0.2) is 0 Å². The van der Waals surface area contributed by atoms with Gasteiger partial charge >= 0.3 is 0 Å². The number of halogens is 1. The molecule has 1 rings (SSSR count). The van der Waals surface area contributed by atoms with Crippen LogP contribution in [0.2, 0.25) is 0 Å². The molecule has 0 aliphatic carbocycles. The van der Waals surface area contributed by atoms with E-state index in [1.165, 1.54) is 5.56 Å². The Morgan fingerprint density at radius 2 is 1.81 bits per heavy atom.